The molecular weight excluding hydrogens is 242 g/mol. The summed E-state index contributed by atoms with van der Waals surface area (Å²) in [5.41, 5.74) is 2.60. The third-order valence-corrected chi connectivity index (χ3v) is 2.53. The second kappa shape index (κ2) is 4.99. The molecular formula is C11H10ClN3O2. The number of benzene rings is 1. The molecule has 0 fully saturated rings. The van der Waals surface area contributed by atoms with Crippen LogP contribution >= 0.6 is 11.6 Å². The van der Waals surface area contributed by atoms with E-state index in [9.17, 15) is 4.79 Å². The fourth-order valence-corrected chi connectivity index (χ4v) is 1.63. The maximum absolute atomic E-state index is 11.0. The lowest BCUT2D eigenvalue weighted by Gasteiger charge is -2.08. The number of rotatable bonds is 3. The molecule has 88 valence electrons. The van der Waals surface area contributed by atoms with Gasteiger partial charge in [0.1, 0.15) is 11.3 Å². The molecule has 0 aliphatic carbocycles. The number of aromatic nitrogens is 1. The molecule has 2 rings (SSSR count). The average Bonchev–Trinajstić information content (AvgIpc) is 2.38. The molecule has 1 aromatic carbocycles. The van der Waals surface area contributed by atoms with Gasteiger partial charge in [0.2, 0.25) is 0 Å². The molecule has 1 aromatic heterocycles. The number of fused-ring (bicyclic) bond motifs is 1. The molecule has 0 bridgehead atoms. The lowest BCUT2D eigenvalue weighted by Crippen LogP contribution is -2.34. The van der Waals surface area contributed by atoms with Crippen molar-refractivity contribution in [1.29, 1.82) is 0 Å². The number of carbonyl (C=O) groups excluding carboxylic acids is 1. The normalized spacial score (nSPS) is 10.2. The van der Waals surface area contributed by atoms with Crippen LogP contribution in [-0.4, -0.2) is 17.5 Å². The minimum absolute atomic E-state index is 0.163. The highest BCUT2D eigenvalue weighted by molar-refractivity contribution is 6.35. The van der Waals surface area contributed by atoms with Gasteiger partial charge >= 0.3 is 0 Å². The highest BCUT2D eigenvalue weighted by Gasteiger charge is 2.08. The van der Waals surface area contributed by atoms with E-state index in [1.54, 1.807) is 24.4 Å². The maximum atomic E-state index is 11.0. The van der Waals surface area contributed by atoms with Gasteiger partial charge in [-0.25, -0.2) is 5.84 Å². The fourth-order valence-electron chi connectivity index (χ4n) is 1.41. The van der Waals surface area contributed by atoms with Crippen molar-refractivity contribution in [2.24, 2.45) is 5.84 Å². The molecule has 1 amide bonds. The second-order valence-electron chi connectivity index (χ2n) is 3.30. The summed E-state index contributed by atoms with van der Waals surface area (Å²) >= 11 is 6.02. The highest BCUT2D eigenvalue weighted by atomic mass is 35.5. The van der Waals surface area contributed by atoms with Crippen LogP contribution in [0.3, 0.4) is 0 Å². The fraction of sp³-hybridized carbons (Fsp3) is 0.0909. The third-order valence-electron chi connectivity index (χ3n) is 2.20. The summed E-state index contributed by atoms with van der Waals surface area (Å²) in [6, 6.07) is 6.98. The molecule has 1 heterocycles. The van der Waals surface area contributed by atoms with Gasteiger partial charge in [-0.15, -0.1) is 0 Å². The Morgan fingerprint density at radius 1 is 1.47 bits per heavy atom. The van der Waals surface area contributed by atoms with E-state index in [1.807, 2.05) is 11.5 Å². The van der Waals surface area contributed by atoms with Gasteiger partial charge in [0.25, 0.3) is 5.91 Å². The van der Waals surface area contributed by atoms with Crippen molar-refractivity contribution in [3.8, 4) is 5.75 Å². The van der Waals surface area contributed by atoms with E-state index in [2.05, 4.69) is 4.98 Å². The summed E-state index contributed by atoms with van der Waals surface area (Å²) in [7, 11) is 0. The van der Waals surface area contributed by atoms with Gasteiger partial charge in [0.05, 0.1) is 5.02 Å². The molecule has 0 atom stereocenters. The summed E-state index contributed by atoms with van der Waals surface area (Å²) in [5, 5.41) is 1.36. The van der Waals surface area contributed by atoms with E-state index < -0.39 is 5.91 Å². The lowest BCUT2D eigenvalue weighted by molar-refractivity contribution is -0.123. The first-order valence-corrected chi connectivity index (χ1v) is 5.25. The number of halogens is 1. The standard InChI is InChI=1S/C11H10ClN3O2/c12-8-3-4-9(17-6-10(16)15-13)11-7(8)2-1-5-14-11/h1-5H,6,13H2,(H,15,16). The van der Waals surface area contributed by atoms with Crippen LogP contribution in [0.2, 0.25) is 5.02 Å². The number of carbonyl (C=O) groups is 1. The van der Waals surface area contributed by atoms with Crippen LogP contribution in [0.4, 0.5) is 0 Å². The Hall–Kier alpha value is -1.85. The molecule has 0 radical (unpaired) electrons. The van der Waals surface area contributed by atoms with Crippen molar-refractivity contribution in [2.45, 2.75) is 0 Å². The van der Waals surface area contributed by atoms with Crippen LogP contribution in [0.15, 0.2) is 30.5 Å². The van der Waals surface area contributed by atoms with Crippen LogP contribution in [0.25, 0.3) is 10.9 Å². The Kier molecular flexibility index (Phi) is 3.41. The monoisotopic (exact) mass is 251 g/mol. The smallest absolute Gasteiger partial charge is 0.271 e. The van der Waals surface area contributed by atoms with Crippen LogP contribution in [0.1, 0.15) is 0 Å². The minimum atomic E-state index is -0.413. The van der Waals surface area contributed by atoms with Gasteiger partial charge in [-0.2, -0.15) is 0 Å². The molecule has 0 unspecified atom stereocenters. The summed E-state index contributed by atoms with van der Waals surface area (Å²) in [6.45, 7) is -0.163. The van der Waals surface area contributed by atoms with Crippen LogP contribution in [0, 0.1) is 0 Å². The number of pyridine rings is 1. The SMILES string of the molecule is NNC(=O)COc1ccc(Cl)c2cccnc12. The summed E-state index contributed by atoms with van der Waals surface area (Å²) < 4.78 is 5.31. The van der Waals surface area contributed by atoms with Gasteiger partial charge in [0.15, 0.2) is 6.61 Å². The zero-order chi connectivity index (χ0) is 12.3. The summed E-state index contributed by atoms with van der Waals surface area (Å²) in [4.78, 5) is 15.2. The average molecular weight is 252 g/mol. The van der Waals surface area contributed by atoms with Gasteiger partial charge in [-0.3, -0.25) is 15.2 Å². The first-order chi connectivity index (χ1) is 8.22. The van der Waals surface area contributed by atoms with Crippen molar-refractivity contribution in [2.75, 3.05) is 6.61 Å². The Morgan fingerprint density at radius 2 is 2.29 bits per heavy atom. The number of hydrogen-bond donors (Lipinski definition) is 2. The molecule has 0 spiro atoms. The van der Waals surface area contributed by atoms with Crippen molar-refractivity contribution in [3.63, 3.8) is 0 Å². The number of ether oxygens (including phenoxy) is 1. The van der Waals surface area contributed by atoms with E-state index in [1.165, 1.54) is 0 Å². The van der Waals surface area contributed by atoms with Crippen LogP contribution in [0.5, 0.6) is 5.75 Å². The highest BCUT2D eigenvalue weighted by Crippen LogP contribution is 2.29. The molecule has 3 N–H and O–H groups in total. The quantitative estimate of drug-likeness (QED) is 0.489. The van der Waals surface area contributed by atoms with Gasteiger partial charge < -0.3 is 4.74 Å². The number of hydrogen-bond acceptors (Lipinski definition) is 4. The third kappa shape index (κ3) is 2.46. The number of nitrogens with zero attached hydrogens (tertiary/aromatic N) is 1. The molecule has 0 saturated carbocycles. The Morgan fingerprint density at radius 3 is 3.06 bits per heavy atom. The molecule has 17 heavy (non-hydrogen) atoms. The second-order valence-corrected chi connectivity index (χ2v) is 3.71. The lowest BCUT2D eigenvalue weighted by atomic mass is 10.2. The van der Waals surface area contributed by atoms with E-state index >= 15 is 0 Å². The van der Waals surface area contributed by atoms with Crippen LogP contribution in [-0.2, 0) is 4.79 Å². The number of nitrogens with one attached hydrogen (secondary N) is 1. The Bertz CT molecular complexity index is 559. The van der Waals surface area contributed by atoms with Crippen molar-refractivity contribution < 1.29 is 9.53 Å². The summed E-state index contributed by atoms with van der Waals surface area (Å²) in [6.07, 6.45) is 1.63. The first kappa shape index (κ1) is 11.6. The predicted molar refractivity (Wildman–Crippen MR) is 64.6 cm³/mol. The van der Waals surface area contributed by atoms with Crippen molar-refractivity contribution in [3.05, 3.63) is 35.5 Å². The van der Waals surface area contributed by atoms with E-state index in [0.29, 0.717) is 16.3 Å². The number of nitrogens with two attached hydrogens (primary N) is 1. The molecule has 0 saturated heterocycles. The first-order valence-electron chi connectivity index (χ1n) is 4.88. The maximum Gasteiger partial charge on any atom is 0.271 e. The van der Waals surface area contributed by atoms with E-state index in [0.717, 1.165) is 5.39 Å². The zero-order valence-electron chi connectivity index (χ0n) is 8.81. The molecule has 6 heteroatoms. The Labute approximate surface area is 103 Å². The predicted octanol–water partition coefficient (Wildman–Crippen LogP) is 1.26. The van der Waals surface area contributed by atoms with Crippen molar-refractivity contribution >= 4 is 28.4 Å². The van der Waals surface area contributed by atoms with Gasteiger partial charge in [0, 0.05) is 11.6 Å². The van der Waals surface area contributed by atoms with E-state index in [4.69, 9.17) is 22.2 Å². The molecule has 0 aliphatic heterocycles. The van der Waals surface area contributed by atoms with Crippen molar-refractivity contribution in [1.82, 2.24) is 10.4 Å². The zero-order valence-corrected chi connectivity index (χ0v) is 9.57. The number of amides is 1. The van der Waals surface area contributed by atoms with Gasteiger partial charge in [-0.05, 0) is 24.3 Å². The Balaban J connectivity index is 2.35. The topological polar surface area (TPSA) is 77.2 Å². The summed E-state index contributed by atoms with van der Waals surface area (Å²) in [5.74, 6) is 5.04. The van der Waals surface area contributed by atoms with E-state index in [-0.39, 0.29) is 6.61 Å². The van der Waals surface area contributed by atoms with Crippen LogP contribution < -0.4 is 16.0 Å². The minimum Gasteiger partial charge on any atom is -0.481 e. The molecule has 2 aromatic rings. The largest absolute Gasteiger partial charge is 0.481 e. The molecule has 5 nitrogen and oxygen atoms in total. The molecule has 0 aliphatic rings. The number of hydrazine groups is 1. The van der Waals surface area contributed by atoms with Gasteiger partial charge in [-0.1, -0.05) is 11.6 Å².